The summed E-state index contributed by atoms with van der Waals surface area (Å²) in [5.74, 6) is 0.621. The van der Waals surface area contributed by atoms with Crippen molar-refractivity contribution in [3.63, 3.8) is 0 Å². The first-order chi connectivity index (χ1) is 15.2. The highest BCUT2D eigenvalue weighted by atomic mass is 32.2. The van der Waals surface area contributed by atoms with Gasteiger partial charge in [-0.05, 0) is 48.9 Å². The summed E-state index contributed by atoms with van der Waals surface area (Å²) >= 11 is 0. The zero-order chi connectivity index (χ0) is 23.1. The number of nitrogens with zero attached hydrogens (tertiary/aromatic N) is 1. The molecule has 168 valence electrons. The van der Waals surface area contributed by atoms with Gasteiger partial charge in [-0.2, -0.15) is 0 Å². The van der Waals surface area contributed by atoms with Gasteiger partial charge in [0, 0.05) is 6.54 Å². The lowest BCUT2D eigenvalue weighted by Crippen LogP contribution is -2.50. The molecule has 8 heteroatoms. The normalized spacial score (nSPS) is 12.2. The number of carbonyl (C=O) groups is 1. The summed E-state index contributed by atoms with van der Waals surface area (Å²) in [5.41, 5.74) is 8.05. The highest BCUT2D eigenvalue weighted by molar-refractivity contribution is 7.92. The van der Waals surface area contributed by atoms with E-state index < -0.39 is 22.0 Å². The molecule has 0 unspecified atom stereocenters. The van der Waals surface area contributed by atoms with Crippen LogP contribution in [0.4, 0.5) is 5.69 Å². The van der Waals surface area contributed by atoms with Gasteiger partial charge < -0.3 is 15.8 Å². The van der Waals surface area contributed by atoms with E-state index in [-0.39, 0.29) is 6.54 Å². The van der Waals surface area contributed by atoms with Crippen molar-refractivity contribution in [2.45, 2.75) is 19.5 Å². The van der Waals surface area contributed by atoms with E-state index in [2.05, 4.69) is 5.32 Å². The molecule has 3 rings (SSSR count). The molecular formula is C24H27N3O4S. The average molecular weight is 454 g/mol. The Labute approximate surface area is 188 Å². The number of nitrogens with two attached hydrogens (primary N) is 1. The van der Waals surface area contributed by atoms with Gasteiger partial charge in [0.1, 0.15) is 17.5 Å². The van der Waals surface area contributed by atoms with E-state index in [4.69, 9.17) is 10.5 Å². The molecule has 0 saturated carbocycles. The smallest absolute Gasteiger partial charge is 0.236 e. The first-order valence-corrected chi connectivity index (χ1v) is 12.0. The number of rotatable bonds is 10. The molecule has 7 nitrogen and oxygen atoms in total. The molecule has 3 aromatic rings. The minimum atomic E-state index is -3.66. The van der Waals surface area contributed by atoms with Crippen molar-refractivity contribution in [1.82, 2.24) is 5.32 Å². The van der Waals surface area contributed by atoms with E-state index in [0.29, 0.717) is 23.7 Å². The Bertz CT molecular complexity index is 1130. The SMILES string of the molecule is Cc1ccc(Oc2ccc(N(C[C@H](NCc3ccccc3)C(N)=O)S(C)(=O)=O)cc2)cc1. The van der Waals surface area contributed by atoms with Crippen LogP contribution in [0.15, 0.2) is 78.9 Å². The number of sulfonamides is 1. The number of ether oxygens (including phenoxy) is 1. The molecule has 3 N–H and O–H groups in total. The van der Waals surface area contributed by atoms with E-state index in [9.17, 15) is 13.2 Å². The number of hydrogen-bond acceptors (Lipinski definition) is 5. The summed E-state index contributed by atoms with van der Waals surface area (Å²) in [6, 6.07) is 22.9. The maximum absolute atomic E-state index is 12.5. The fraction of sp³-hybridized carbons (Fsp3) is 0.208. The van der Waals surface area contributed by atoms with Crippen LogP contribution in [-0.4, -0.2) is 33.2 Å². The van der Waals surface area contributed by atoms with Gasteiger partial charge in [-0.1, -0.05) is 48.0 Å². The highest BCUT2D eigenvalue weighted by Crippen LogP contribution is 2.26. The number of carbonyl (C=O) groups excluding carboxylic acids is 1. The molecule has 1 atom stereocenters. The van der Waals surface area contributed by atoms with Crippen LogP contribution in [-0.2, 0) is 21.4 Å². The molecule has 0 fully saturated rings. The second-order valence-corrected chi connectivity index (χ2v) is 9.43. The molecule has 3 aromatic carbocycles. The topological polar surface area (TPSA) is 102 Å². The minimum Gasteiger partial charge on any atom is -0.457 e. The predicted molar refractivity (Wildman–Crippen MR) is 126 cm³/mol. The molecule has 0 spiro atoms. The van der Waals surface area contributed by atoms with Gasteiger partial charge in [-0.25, -0.2) is 8.42 Å². The van der Waals surface area contributed by atoms with Crippen LogP contribution >= 0.6 is 0 Å². The monoisotopic (exact) mass is 453 g/mol. The molecule has 0 bridgehead atoms. The molecule has 0 aliphatic carbocycles. The summed E-state index contributed by atoms with van der Waals surface area (Å²) < 4.78 is 31.9. The summed E-state index contributed by atoms with van der Waals surface area (Å²) in [6.07, 6.45) is 1.10. The first kappa shape index (κ1) is 23.3. The summed E-state index contributed by atoms with van der Waals surface area (Å²) in [4.78, 5) is 12.0. The lowest BCUT2D eigenvalue weighted by molar-refractivity contribution is -0.119. The van der Waals surface area contributed by atoms with Crippen molar-refractivity contribution >= 4 is 21.6 Å². The molecule has 0 saturated heterocycles. The zero-order valence-corrected chi connectivity index (χ0v) is 18.9. The molecule has 1 amide bonds. The fourth-order valence-corrected chi connectivity index (χ4v) is 4.04. The van der Waals surface area contributed by atoms with E-state index in [1.807, 2.05) is 61.5 Å². The van der Waals surface area contributed by atoms with Crippen molar-refractivity contribution in [3.05, 3.63) is 90.0 Å². The zero-order valence-electron chi connectivity index (χ0n) is 18.1. The van der Waals surface area contributed by atoms with E-state index in [0.717, 1.165) is 21.7 Å². The third-order valence-electron chi connectivity index (χ3n) is 4.87. The largest absolute Gasteiger partial charge is 0.457 e. The predicted octanol–water partition coefficient (Wildman–Crippen LogP) is 3.20. The van der Waals surface area contributed by atoms with Gasteiger partial charge in [-0.15, -0.1) is 0 Å². The molecule has 0 aliphatic heterocycles. The fourth-order valence-electron chi connectivity index (χ4n) is 3.11. The van der Waals surface area contributed by atoms with Gasteiger partial charge >= 0.3 is 0 Å². The lowest BCUT2D eigenvalue weighted by Gasteiger charge is -2.27. The first-order valence-electron chi connectivity index (χ1n) is 10.1. The van der Waals surface area contributed by atoms with Crippen LogP contribution in [0.3, 0.4) is 0 Å². The second-order valence-electron chi connectivity index (χ2n) is 7.52. The summed E-state index contributed by atoms with van der Waals surface area (Å²) in [5, 5.41) is 3.05. The Morgan fingerprint density at radius 2 is 1.53 bits per heavy atom. The van der Waals surface area contributed by atoms with Crippen molar-refractivity contribution in [1.29, 1.82) is 0 Å². The van der Waals surface area contributed by atoms with Gasteiger partial charge in [0.25, 0.3) is 0 Å². The van der Waals surface area contributed by atoms with Gasteiger partial charge in [0.15, 0.2) is 0 Å². The Hall–Kier alpha value is -3.36. The van der Waals surface area contributed by atoms with Crippen LogP contribution in [0, 0.1) is 6.92 Å². The number of nitrogens with one attached hydrogen (secondary N) is 1. The molecule has 0 aromatic heterocycles. The van der Waals surface area contributed by atoms with Gasteiger partial charge in [0.2, 0.25) is 15.9 Å². The van der Waals surface area contributed by atoms with Crippen molar-refractivity contribution in [3.8, 4) is 11.5 Å². The number of amides is 1. The number of anilines is 1. The third-order valence-corrected chi connectivity index (χ3v) is 6.03. The van der Waals surface area contributed by atoms with Crippen LogP contribution in [0.5, 0.6) is 11.5 Å². The van der Waals surface area contributed by atoms with Crippen molar-refractivity contribution in [2.75, 3.05) is 17.1 Å². The second kappa shape index (κ2) is 10.3. The van der Waals surface area contributed by atoms with E-state index >= 15 is 0 Å². The summed E-state index contributed by atoms with van der Waals surface area (Å²) in [7, 11) is -3.66. The molecule has 0 radical (unpaired) electrons. The molecular weight excluding hydrogens is 426 g/mol. The van der Waals surface area contributed by atoms with Gasteiger partial charge in [-0.3, -0.25) is 9.10 Å². The highest BCUT2D eigenvalue weighted by Gasteiger charge is 2.25. The van der Waals surface area contributed by atoms with Crippen LogP contribution < -0.4 is 20.1 Å². The molecule has 0 aliphatic rings. The number of aryl methyl sites for hydroxylation is 1. The van der Waals surface area contributed by atoms with Crippen LogP contribution in [0.25, 0.3) is 0 Å². The minimum absolute atomic E-state index is 0.126. The number of primary amides is 1. The number of benzene rings is 3. The molecule has 0 heterocycles. The van der Waals surface area contributed by atoms with Crippen molar-refractivity contribution in [2.24, 2.45) is 5.73 Å². The maximum Gasteiger partial charge on any atom is 0.236 e. The maximum atomic E-state index is 12.5. The van der Waals surface area contributed by atoms with E-state index in [1.165, 1.54) is 0 Å². The standard InChI is InChI=1S/C24H27N3O4S/c1-18-8-12-21(13-9-18)31-22-14-10-20(11-15-22)27(32(2,29)30)17-23(24(25)28)26-16-19-6-4-3-5-7-19/h3-15,23,26H,16-17H2,1-2H3,(H2,25,28)/t23-/m0/s1. The Balaban J connectivity index is 1.74. The quantitative estimate of drug-likeness (QED) is 0.491. The van der Waals surface area contributed by atoms with Crippen molar-refractivity contribution < 1.29 is 17.9 Å². The Morgan fingerprint density at radius 3 is 2.06 bits per heavy atom. The third kappa shape index (κ3) is 6.57. The lowest BCUT2D eigenvalue weighted by atomic mass is 10.2. The number of hydrogen-bond donors (Lipinski definition) is 2. The Morgan fingerprint density at radius 1 is 0.969 bits per heavy atom. The average Bonchev–Trinajstić information content (AvgIpc) is 2.76. The molecule has 32 heavy (non-hydrogen) atoms. The van der Waals surface area contributed by atoms with Crippen LogP contribution in [0.1, 0.15) is 11.1 Å². The van der Waals surface area contributed by atoms with Crippen LogP contribution in [0.2, 0.25) is 0 Å². The summed E-state index contributed by atoms with van der Waals surface area (Å²) in [6.45, 7) is 2.25. The van der Waals surface area contributed by atoms with Gasteiger partial charge in [0.05, 0.1) is 18.5 Å². The van der Waals surface area contributed by atoms with E-state index in [1.54, 1.807) is 24.3 Å². The Kier molecular flexibility index (Phi) is 7.50.